The molecule has 0 N–H and O–H groups in total. The Morgan fingerprint density at radius 3 is 2.40 bits per heavy atom. The second-order valence-electron chi connectivity index (χ2n) is 5.87. The van der Waals surface area contributed by atoms with Crippen molar-refractivity contribution >= 4 is 19.6 Å². The van der Waals surface area contributed by atoms with E-state index in [1.165, 1.54) is 0 Å². The van der Waals surface area contributed by atoms with E-state index in [-0.39, 0.29) is 0 Å². The third kappa shape index (κ3) is 4.84. The van der Waals surface area contributed by atoms with Gasteiger partial charge in [0.05, 0.1) is 18.9 Å². The first-order valence-electron chi connectivity index (χ1n) is 7.04. The molecule has 1 aliphatic rings. The molecule has 0 bridgehead atoms. The molecule has 0 saturated carbocycles. The van der Waals surface area contributed by atoms with Crippen LogP contribution in [0.5, 0.6) is 0 Å². The molecule has 0 radical (unpaired) electrons. The van der Waals surface area contributed by atoms with Gasteiger partial charge in [-0.05, 0) is 18.1 Å². The fraction of sp³-hybridized carbons (Fsp3) is 0.438. The fourth-order valence-corrected chi connectivity index (χ4v) is 2.31. The molecule has 1 aliphatic heterocycles. The molecule has 3 nitrogen and oxygen atoms in total. The number of para-hydroxylation sites is 1. The average molecular weight is 286 g/mol. The van der Waals surface area contributed by atoms with Crippen LogP contribution in [-0.2, 0) is 4.74 Å². The number of benzene rings is 1. The van der Waals surface area contributed by atoms with Gasteiger partial charge in [0.1, 0.15) is 8.07 Å². The summed E-state index contributed by atoms with van der Waals surface area (Å²) in [6.45, 7) is 9.99. The molecule has 4 heteroatoms. The van der Waals surface area contributed by atoms with Crippen molar-refractivity contribution in [1.29, 1.82) is 0 Å². The van der Waals surface area contributed by atoms with Gasteiger partial charge in [0.2, 0.25) is 0 Å². The van der Waals surface area contributed by atoms with E-state index in [0.717, 1.165) is 37.8 Å². The van der Waals surface area contributed by atoms with Crippen molar-refractivity contribution < 1.29 is 4.74 Å². The first kappa shape index (κ1) is 14.8. The van der Waals surface area contributed by atoms with E-state index in [0.29, 0.717) is 0 Å². The van der Waals surface area contributed by atoms with Crippen molar-refractivity contribution in [1.82, 2.24) is 4.90 Å². The highest BCUT2D eigenvalue weighted by atomic mass is 28.3. The summed E-state index contributed by atoms with van der Waals surface area (Å²) < 4.78 is 5.41. The zero-order chi connectivity index (χ0) is 14.4. The number of morpholine rings is 1. The van der Waals surface area contributed by atoms with Crippen molar-refractivity contribution in [2.75, 3.05) is 26.3 Å². The minimum absolute atomic E-state index is 0.752. The van der Waals surface area contributed by atoms with E-state index in [4.69, 9.17) is 9.73 Å². The van der Waals surface area contributed by atoms with Gasteiger partial charge in [-0.2, -0.15) is 0 Å². The van der Waals surface area contributed by atoms with E-state index < -0.39 is 8.07 Å². The molecule has 1 aromatic carbocycles. The summed E-state index contributed by atoms with van der Waals surface area (Å²) >= 11 is 0. The van der Waals surface area contributed by atoms with Gasteiger partial charge in [0.15, 0.2) is 5.84 Å². The third-order valence-corrected chi connectivity index (χ3v) is 3.73. The molecule has 1 saturated heterocycles. The van der Waals surface area contributed by atoms with Crippen molar-refractivity contribution in [3.8, 4) is 11.5 Å². The first-order valence-corrected chi connectivity index (χ1v) is 10.5. The Labute approximate surface area is 122 Å². The molecule has 0 atom stereocenters. The molecule has 0 aliphatic carbocycles. The lowest BCUT2D eigenvalue weighted by Crippen LogP contribution is -2.40. The summed E-state index contributed by atoms with van der Waals surface area (Å²) in [7, 11) is -1.40. The summed E-state index contributed by atoms with van der Waals surface area (Å²) in [4.78, 5) is 6.95. The number of hydrogen-bond acceptors (Lipinski definition) is 2. The topological polar surface area (TPSA) is 24.8 Å². The molecule has 106 valence electrons. The maximum atomic E-state index is 5.41. The van der Waals surface area contributed by atoms with Crippen LogP contribution in [-0.4, -0.2) is 45.1 Å². The summed E-state index contributed by atoms with van der Waals surface area (Å²) in [6, 6.07) is 10.0. The Bertz CT molecular complexity index is 517. The Hall–Kier alpha value is -1.57. The smallest absolute Gasteiger partial charge is 0.181 e. The Balaban J connectivity index is 2.27. The lowest BCUT2D eigenvalue weighted by Gasteiger charge is -2.27. The van der Waals surface area contributed by atoms with Crippen LogP contribution < -0.4 is 0 Å². The second-order valence-corrected chi connectivity index (χ2v) is 10.6. The van der Waals surface area contributed by atoms with Crippen LogP contribution >= 0.6 is 0 Å². The lowest BCUT2D eigenvalue weighted by molar-refractivity contribution is 0.0687. The maximum absolute atomic E-state index is 5.41. The van der Waals surface area contributed by atoms with Crippen molar-refractivity contribution in [2.45, 2.75) is 19.6 Å². The summed E-state index contributed by atoms with van der Waals surface area (Å²) in [5.41, 5.74) is 4.37. The number of amidine groups is 1. The maximum Gasteiger partial charge on any atom is 0.181 e. The molecule has 20 heavy (non-hydrogen) atoms. The third-order valence-electron chi connectivity index (χ3n) is 2.85. The summed E-state index contributed by atoms with van der Waals surface area (Å²) in [6.07, 6.45) is 0. The van der Waals surface area contributed by atoms with Crippen LogP contribution in [0.4, 0.5) is 5.69 Å². The molecule has 1 aromatic rings. The zero-order valence-electron chi connectivity index (χ0n) is 12.5. The number of ether oxygens (including phenoxy) is 1. The van der Waals surface area contributed by atoms with Crippen molar-refractivity contribution in [2.24, 2.45) is 4.99 Å². The van der Waals surface area contributed by atoms with Gasteiger partial charge in [0, 0.05) is 13.1 Å². The second kappa shape index (κ2) is 6.73. The van der Waals surface area contributed by atoms with Gasteiger partial charge in [-0.15, -0.1) is 5.54 Å². The average Bonchev–Trinajstić information content (AvgIpc) is 2.44. The van der Waals surface area contributed by atoms with Crippen molar-refractivity contribution in [3.63, 3.8) is 0 Å². The quantitative estimate of drug-likeness (QED) is 0.343. The zero-order valence-corrected chi connectivity index (χ0v) is 13.5. The molecule has 0 aromatic heterocycles. The summed E-state index contributed by atoms with van der Waals surface area (Å²) in [5.74, 6) is 4.19. The van der Waals surface area contributed by atoms with Gasteiger partial charge < -0.3 is 9.64 Å². The van der Waals surface area contributed by atoms with Crippen LogP contribution in [0.15, 0.2) is 35.3 Å². The molecule has 0 unspecified atom stereocenters. The van der Waals surface area contributed by atoms with Gasteiger partial charge in [0.25, 0.3) is 0 Å². The van der Waals surface area contributed by atoms with Crippen molar-refractivity contribution in [3.05, 3.63) is 30.3 Å². The minimum Gasteiger partial charge on any atom is -0.378 e. The highest BCUT2D eigenvalue weighted by Crippen LogP contribution is 2.12. The van der Waals surface area contributed by atoms with Crippen LogP contribution in [0.3, 0.4) is 0 Å². The number of hydrogen-bond donors (Lipinski definition) is 0. The fourth-order valence-electron chi connectivity index (χ4n) is 1.82. The Morgan fingerprint density at radius 2 is 1.80 bits per heavy atom. The van der Waals surface area contributed by atoms with Crippen LogP contribution in [0.2, 0.25) is 19.6 Å². The molecule has 0 amide bonds. The highest BCUT2D eigenvalue weighted by molar-refractivity contribution is 6.84. The number of aliphatic imine (C=N–C) groups is 1. The molecule has 2 rings (SSSR count). The van der Waals surface area contributed by atoms with Gasteiger partial charge >= 0.3 is 0 Å². The standard InChI is InChI=1S/C16H22N2OSi/c1-20(2,3)14-9-16(18-10-12-19-13-11-18)17-15-7-5-4-6-8-15/h4-8H,10-13H2,1-3H3. The van der Waals surface area contributed by atoms with Crippen LogP contribution in [0, 0.1) is 11.5 Å². The van der Waals surface area contributed by atoms with E-state index in [9.17, 15) is 0 Å². The predicted molar refractivity (Wildman–Crippen MR) is 87.1 cm³/mol. The number of nitrogens with zero attached hydrogens (tertiary/aromatic N) is 2. The van der Waals surface area contributed by atoms with E-state index in [1.54, 1.807) is 0 Å². The molecule has 1 heterocycles. The minimum atomic E-state index is -1.40. The van der Waals surface area contributed by atoms with E-state index in [2.05, 4.69) is 36.0 Å². The Kier molecular flexibility index (Phi) is 4.99. The van der Waals surface area contributed by atoms with Gasteiger partial charge in [-0.3, -0.25) is 0 Å². The molecular formula is C16H22N2OSi. The SMILES string of the molecule is C[Si](C)(C)C#CC(=Nc1ccccc1)N1CCOCC1. The monoisotopic (exact) mass is 286 g/mol. The van der Waals surface area contributed by atoms with Crippen LogP contribution in [0.1, 0.15) is 0 Å². The van der Waals surface area contributed by atoms with Crippen LogP contribution in [0.25, 0.3) is 0 Å². The lowest BCUT2D eigenvalue weighted by atomic mass is 10.3. The number of rotatable bonds is 1. The Morgan fingerprint density at radius 1 is 1.15 bits per heavy atom. The van der Waals surface area contributed by atoms with E-state index >= 15 is 0 Å². The predicted octanol–water partition coefficient (Wildman–Crippen LogP) is 2.93. The molecule has 0 spiro atoms. The van der Waals surface area contributed by atoms with Gasteiger partial charge in [-0.25, -0.2) is 4.99 Å². The summed E-state index contributed by atoms with van der Waals surface area (Å²) in [5, 5.41) is 0. The highest BCUT2D eigenvalue weighted by Gasteiger charge is 2.15. The largest absolute Gasteiger partial charge is 0.378 e. The molecule has 1 fully saturated rings. The van der Waals surface area contributed by atoms with Gasteiger partial charge in [-0.1, -0.05) is 37.8 Å². The first-order chi connectivity index (χ1) is 9.54. The van der Waals surface area contributed by atoms with E-state index in [1.807, 2.05) is 30.3 Å². The molecular weight excluding hydrogens is 264 g/mol. The normalized spacial score (nSPS) is 16.6.